The number of carbonyl (C=O) groups is 1. The van der Waals surface area contributed by atoms with Crippen LogP contribution in [0.15, 0.2) is 0 Å². The summed E-state index contributed by atoms with van der Waals surface area (Å²) in [6, 6.07) is 0. The summed E-state index contributed by atoms with van der Waals surface area (Å²) in [5, 5.41) is 12.1. The Morgan fingerprint density at radius 2 is 1.82 bits per heavy atom. The molecule has 1 atom stereocenters. The lowest BCUT2D eigenvalue weighted by Gasteiger charge is -2.30. The number of carbonyl (C=O) groups excluding carboxylic acids is 1. The highest BCUT2D eigenvalue weighted by Gasteiger charge is 2.28. The van der Waals surface area contributed by atoms with Crippen molar-refractivity contribution in [2.45, 2.75) is 71.4 Å². The summed E-state index contributed by atoms with van der Waals surface area (Å²) in [5.41, 5.74) is -1.10. The fourth-order valence-electron chi connectivity index (χ4n) is 1.47. The molecule has 0 radical (unpaired) electrons. The van der Waals surface area contributed by atoms with Crippen LogP contribution in [0.2, 0.25) is 0 Å². The van der Waals surface area contributed by atoms with Crippen molar-refractivity contribution in [2.24, 2.45) is 0 Å². The van der Waals surface area contributed by atoms with Crippen molar-refractivity contribution in [3.63, 3.8) is 0 Å². The minimum Gasteiger partial charge on any atom is -0.441 e. The monoisotopic (exact) mass is 245 g/mol. The zero-order chi connectivity index (χ0) is 13.5. The van der Waals surface area contributed by atoms with Gasteiger partial charge in [-0.05, 0) is 40.5 Å². The fraction of sp³-hybridized carbons (Fsp3) is 0.923. The van der Waals surface area contributed by atoms with Crippen molar-refractivity contribution in [1.82, 2.24) is 5.32 Å². The maximum atomic E-state index is 11.6. The van der Waals surface area contributed by atoms with Gasteiger partial charge in [0.2, 0.25) is 0 Å². The third-order valence-corrected chi connectivity index (χ3v) is 2.46. The summed E-state index contributed by atoms with van der Waals surface area (Å²) in [7, 11) is 0. The Balaban J connectivity index is 4.22. The van der Waals surface area contributed by atoms with Crippen LogP contribution >= 0.6 is 0 Å². The maximum absolute atomic E-state index is 11.6. The van der Waals surface area contributed by atoms with E-state index < -0.39 is 11.7 Å². The highest BCUT2D eigenvalue weighted by atomic mass is 16.6. The molecule has 0 spiro atoms. The lowest BCUT2D eigenvalue weighted by atomic mass is 9.99. The number of unbranched alkanes of at least 4 members (excludes halogenated alkanes) is 2. The zero-order valence-corrected chi connectivity index (χ0v) is 11.8. The third-order valence-electron chi connectivity index (χ3n) is 2.46. The third kappa shape index (κ3) is 8.02. The smallest absolute Gasteiger partial charge is 0.408 e. The molecule has 2 N–H and O–H groups in total. The molecule has 0 aliphatic rings. The van der Waals surface area contributed by atoms with Gasteiger partial charge in [-0.15, -0.1) is 0 Å². The van der Waals surface area contributed by atoms with Gasteiger partial charge >= 0.3 is 6.09 Å². The molecule has 0 aromatic rings. The highest BCUT2D eigenvalue weighted by molar-refractivity contribution is 5.68. The Morgan fingerprint density at radius 1 is 1.24 bits per heavy atom. The van der Waals surface area contributed by atoms with E-state index in [1.54, 1.807) is 6.92 Å². The van der Waals surface area contributed by atoms with Gasteiger partial charge in [0.05, 0.1) is 6.61 Å². The molecule has 0 aliphatic carbocycles. The topological polar surface area (TPSA) is 58.6 Å². The van der Waals surface area contributed by atoms with E-state index in [4.69, 9.17) is 4.74 Å². The van der Waals surface area contributed by atoms with Gasteiger partial charge in [0, 0.05) is 5.54 Å². The minimum absolute atomic E-state index is 0.145. The second kappa shape index (κ2) is 6.84. The molecule has 0 aromatic carbocycles. The number of hydrogen-bond acceptors (Lipinski definition) is 3. The molecule has 17 heavy (non-hydrogen) atoms. The van der Waals surface area contributed by atoms with Crippen molar-refractivity contribution in [3.8, 4) is 0 Å². The van der Waals surface area contributed by atoms with E-state index in [1.807, 2.05) is 20.8 Å². The van der Waals surface area contributed by atoms with E-state index in [9.17, 15) is 9.90 Å². The first kappa shape index (κ1) is 16.2. The molecule has 0 unspecified atom stereocenters. The zero-order valence-electron chi connectivity index (χ0n) is 11.8. The predicted molar refractivity (Wildman–Crippen MR) is 69.0 cm³/mol. The second-order valence-corrected chi connectivity index (χ2v) is 5.83. The van der Waals surface area contributed by atoms with Crippen LogP contribution in [0, 0.1) is 0 Å². The SMILES string of the molecule is CCCCC[C@](C)(CO)OC(=O)NC(C)(C)C. The Morgan fingerprint density at radius 3 is 2.24 bits per heavy atom. The summed E-state index contributed by atoms with van der Waals surface area (Å²) in [5.74, 6) is 0. The number of hydrogen-bond donors (Lipinski definition) is 2. The largest absolute Gasteiger partial charge is 0.441 e. The molecule has 0 fully saturated rings. The average Bonchev–Trinajstić information content (AvgIpc) is 2.15. The highest BCUT2D eigenvalue weighted by Crippen LogP contribution is 2.19. The lowest BCUT2D eigenvalue weighted by molar-refractivity contribution is -0.0262. The van der Waals surface area contributed by atoms with Crippen LogP contribution in [0.3, 0.4) is 0 Å². The van der Waals surface area contributed by atoms with Crippen LogP contribution in [0.1, 0.15) is 60.3 Å². The fourth-order valence-corrected chi connectivity index (χ4v) is 1.47. The molecule has 0 rings (SSSR count). The number of ether oxygens (including phenoxy) is 1. The number of amides is 1. The molecular weight excluding hydrogens is 218 g/mol. The van der Waals surface area contributed by atoms with Gasteiger partial charge in [0.15, 0.2) is 0 Å². The van der Waals surface area contributed by atoms with Gasteiger partial charge in [-0.2, -0.15) is 0 Å². The molecule has 4 heteroatoms. The molecule has 4 nitrogen and oxygen atoms in total. The van der Waals surface area contributed by atoms with Crippen LogP contribution in [-0.2, 0) is 4.74 Å². The van der Waals surface area contributed by atoms with Crippen LogP contribution < -0.4 is 5.32 Å². The van der Waals surface area contributed by atoms with Crippen molar-refractivity contribution >= 4 is 6.09 Å². The van der Waals surface area contributed by atoms with Crippen molar-refractivity contribution < 1.29 is 14.6 Å². The van der Waals surface area contributed by atoms with Gasteiger partial charge in [-0.3, -0.25) is 0 Å². The van der Waals surface area contributed by atoms with Crippen LogP contribution in [0.25, 0.3) is 0 Å². The molecule has 0 heterocycles. The van der Waals surface area contributed by atoms with Crippen molar-refractivity contribution in [3.05, 3.63) is 0 Å². The van der Waals surface area contributed by atoms with E-state index in [0.29, 0.717) is 6.42 Å². The molecule has 0 aliphatic heterocycles. The number of aliphatic hydroxyl groups excluding tert-OH is 1. The average molecular weight is 245 g/mol. The first-order chi connectivity index (χ1) is 7.72. The standard InChI is InChI=1S/C13H27NO3/c1-6-7-8-9-13(5,10-15)17-11(16)14-12(2,3)4/h15H,6-10H2,1-5H3,(H,14,16)/t13-/m1/s1. The van der Waals surface area contributed by atoms with Crippen LogP contribution in [-0.4, -0.2) is 28.9 Å². The van der Waals surface area contributed by atoms with Gasteiger partial charge in [-0.1, -0.05) is 19.8 Å². The van der Waals surface area contributed by atoms with E-state index in [0.717, 1.165) is 19.3 Å². The van der Waals surface area contributed by atoms with Gasteiger partial charge in [-0.25, -0.2) is 4.79 Å². The predicted octanol–water partition coefficient (Wildman–Crippen LogP) is 2.84. The first-order valence-electron chi connectivity index (χ1n) is 6.34. The molecule has 102 valence electrons. The van der Waals surface area contributed by atoms with Crippen molar-refractivity contribution in [2.75, 3.05) is 6.61 Å². The van der Waals surface area contributed by atoms with E-state index >= 15 is 0 Å². The summed E-state index contributed by atoms with van der Waals surface area (Å²) in [4.78, 5) is 11.6. The van der Waals surface area contributed by atoms with E-state index in [-0.39, 0.29) is 12.1 Å². The summed E-state index contributed by atoms with van der Waals surface area (Å²) >= 11 is 0. The Labute approximate surface area is 105 Å². The molecule has 0 aromatic heterocycles. The van der Waals surface area contributed by atoms with E-state index in [1.165, 1.54) is 0 Å². The summed E-state index contributed by atoms with van der Waals surface area (Å²) < 4.78 is 5.31. The van der Waals surface area contributed by atoms with Crippen molar-refractivity contribution in [1.29, 1.82) is 0 Å². The normalized spacial score (nSPS) is 15.2. The minimum atomic E-state index is -0.773. The first-order valence-corrected chi connectivity index (χ1v) is 6.34. The molecular formula is C13H27NO3. The number of rotatable bonds is 6. The summed E-state index contributed by atoms with van der Waals surface area (Å²) in [6.07, 6.45) is 3.37. The van der Waals surface area contributed by atoms with Gasteiger partial charge < -0.3 is 15.2 Å². The van der Waals surface area contributed by atoms with Gasteiger partial charge in [0.25, 0.3) is 0 Å². The lowest BCUT2D eigenvalue weighted by Crippen LogP contribution is -2.46. The number of aliphatic hydroxyl groups is 1. The molecule has 0 saturated carbocycles. The maximum Gasteiger partial charge on any atom is 0.408 e. The number of alkyl carbamates (subject to hydrolysis) is 1. The quantitative estimate of drug-likeness (QED) is 0.707. The Bertz CT molecular complexity index is 235. The second-order valence-electron chi connectivity index (χ2n) is 5.83. The van der Waals surface area contributed by atoms with Crippen LogP contribution in [0.4, 0.5) is 4.79 Å². The van der Waals surface area contributed by atoms with E-state index in [2.05, 4.69) is 12.2 Å². The number of nitrogens with one attached hydrogen (secondary N) is 1. The molecule has 0 bridgehead atoms. The summed E-state index contributed by atoms with van der Waals surface area (Å²) in [6.45, 7) is 9.41. The molecule has 1 amide bonds. The Kier molecular flexibility index (Phi) is 6.53. The van der Waals surface area contributed by atoms with Gasteiger partial charge in [0.1, 0.15) is 5.60 Å². The molecule has 0 saturated heterocycles. The van der Waals surface area contributed by atoms with Crippen LogP contribution in [0.5, 0.6) is 0 Å². The Hall–Kier alpha value is -0.770.